The Morgan fingerprint density at radius 2 is 2.06 bits per heavy atom. The van der Waals surface area contributed by atoms with E-state index in [1.807, 2.05) is 33.1 Å². The van der Waals surface area contributed by atoms with E-state index in [2.05, 4.69) is 36.0 Å². The summed E-state index contributed by atoms with van der Waals surface area (Å²) >= 11 is 1.57. The van der Waals surface area contributed by atoms with Crippen molar-refractivity contribution in [3.05, 3.63) is 52.8 Å². The molecule has 8 heteroatoms. The van der Waals surface area contributed by atoms with E-state index in [1.165, 1.54) is 6.42 Å². The Balaban J connectivity index is 1.33. The summed E-state index contributed by atoms with van der Waals surface area (Å²) in [7, 11) is 0. The molecule has 0 unspecified atom stereocenters. The summed E-state index contributed by atoms with van der Waals surface area (Å²) in [5.74, 6) is 1.84. The predicted molar refractivity (Wildman–Crippen MR) is 131 cm³/mol. The van der Waals surface area contributed by atoms with Crippen molar-refractivity contribution in [2.75, 3.05) is 24.5 Å². The van der Waals surface area contributed by atoms with Crippen molar-refractivity contribution in [3.63, 3.8) is 0 Å². The Labute approximate surface area is 197 Å². The van der Waals surface area contributed by atoms with Crippen LogP contribution in [0.3, 0.4) is 0 Å². The number of thiazole rings is 1. The highest BCUT2D eigenvalue weighted by Gasteiger charge is 2.31. The van der Waals surface area contributed by atoms with Crippen LogP contribution in [-0.2, 0) is 0 Å². The van der Waals surface area contributed by atoms with E-state index >= 15 is 0 Å². The Hall–Kier alpha value is -3.00. The van der Waals surface area contributed by atoms with Crippen molar-refractivity contribution >= 4 is 38.9 Å². The number of nitrogens with zero attached hydrogens (tertiary/aromatic N) is 6. The molecule has 3 aromatic heterocycles. The minimum Gasteiger partial charge on any atom is -0.356 e. The smallest absolute Gasteiger partial charge is 0.254 e. The van der Waals surface area contributed by atoms with E-state index in [9.17, 15) is 4.79 Å². The number of anilines is 1. The molecule has 2 fully saturated rings. The van der Waals surface area contributed by atoms with Gasteiger partial charge in [0.25, 0.3) is 5.91 Å². The highest BCUT2D eigenvalue weighted by atomic mass is 32.1. The van der Waals surface area contributed by atoms with Gasteiger partial charge >= 0.3 is 0 Å². The van der Waals surface area contributed by atoms with E-state index in [0.717, 1.165) is 77.4 Å². The molecule has 2 saturated heterocycles. The van der Waals surface area contributed by atoms with Gasteiger partial charge in [-0.05, 0) is 56.7 Å². The van der Waals surface area contributed by atoms with Crippen molar-refractivity contribution in [2.24, 2.45) is 5.92 Å². The predicted octanol–water partition coefficient (Wildman–Crippen LogP) is 4.86. The molecule has 5 heterocycles. The van der Waals surface area contributed by atoms with Crippen LogP contribution in [0.25, 0.3) is 15.9 Å². The Kier molecular flexibility index (Phi) is 5.05. The van der Waals surface area contributed by atoms with Crippen molar-refractivity contribution in [2.45, 2.75) is 45.6 Å². The van der Waals surface area contributed by atoms with Gasteiger partial charge < -0.3 is 9.80 Å². The summed E-state index contributed by atoms with van der Waals surface area (Å²) in [6.45, 7) is 7.27. The molecule has 0 radical (unpaired) electrons. The third kappa shape index (κ3) is 3.66. The van der Waals surface area contributed by atoms with Gasteiger partial charge in [0, 0.05) is 43.0 Å². The Morgan fingerprint density at radius 1 is 1.15 bits per heavy atom. The topological polar surface area (TPSA) is 66.6 Å². The van der Waals surface area contributed by atoms with E-state index in [1.54, 1.807) is 11.3 Å². The zero-order valence-electron chi connectivity index (χ0n) is 19.1. The average Bonchev–Trinajstić information content (AvgIpc) is 3.56. The number of hydrogen-bond donors (Lipinski definition) is 0. The summed E-state index contributed by atoms with van der Waals surface area (Å²) in [6, 6.07) is 7.86. The van der Waals surface area contributed by atoms with Crippen LogP contribution < -0.4 is 4.90 Å². The lowest BCUT2D eigenvalue weighted by molar-refractivity contribution is 0.0606. The van der Waals surface area contributed by atoms with Crippen LogP contribution in [0.5, 0.6) is 0 Å². The zero-order chi connectivity index (χ0) is 22.5. The molecule has 2 aliphatic rings. The first-order valence-corrected chi connectivity index (χ1v) is 12.7. The fourth-order valence-electron chi connectivity index (χ4n) is 5.27. The maximum atomic E-state index is 13.5. The summed E-state index contributed by atoms with van der Waals surface area (Å²) < 4.78 is 2.93. The second-order valence-corrected chi connectivity index (χ2v) is 10.4. The van der Waals surface area contributed by atoms with Gasteiger partial charge in [-0.2, -0.15) is 5.10 Å². The minimum atomic E-state index is -0.0272. The lowest BCUT2D eigenvalue weighted by atomic mass is 9.98. The van der Waals surface area contributed by atoms with Gasteiger partial charge in [-0.1, -0.05) is 6.92 Å². The maximum absolute atomic E-state index is 13.5. The highest BCUT2D eigenvalue weighted by Crippen LogP contribution is 2.33. The molecule has 2 atom stereocenters. The molecular weight excluding hydrogens is 432 g/mol. The molecule has 0 N–H and O–H groups in total. The summed E-state index contributed by atoms with van der Waals surface area (Å²) in [6.07, 6.45) is 6.33. The van der Waals surface area contributed by atoms with Crippen LogP contribution >= 0.6 is 11.3 Å². The molecule has 1 aromatic carbocycles. The standard InChI is InChI=1S/C25H28N6OS/c1-16-8-10-29(13-16)24-17(2)14-31-23(27-24)12-20(28-31)21-5-3-4-9-30(21)25(32)18-6-7-19-22(11-18)33-15-26-19/h6-7,11-12,14-16,21H,3-5,8-10,13H2,1-2H3/t16-,21-/m0/s1. The van der Waals surface area contributed by atoms with Gasteiger partial charge in [-0.15, -0.1) is 11.3 Å². The summed E-state index contributed by atoms with van der Waals surface area (Å²) in [4.78, 5) is 27.2. The molecular formula is C25H28N6OS. The fraction of sp³-hybridized carbons (Fsp3) is 0.440. The van der Waals surface area contributed by atoms with E-state index < -0.39 is 0 Å². The van der Waals surface area contributed by atoms with Crippen molar-refractivity contribution in [1.29, 1.82) is 0 Å². The Bertz CT molecular complexity index is 1340. The number of rotatable bonds is 3. The third-order valence-corrected chi connectivity index (χ3v) is 7.82. The third-order valence-electron chi connectivity index (χ3n) is 7.03. The van der Waals surface area contributed by atoms with Gasteiger partial charge in [0.05, 0.1) is 27.5 Å². The number of amides is 1. The van der Waals surface area contributed by atoms with E-state index in [4.69, 9.17) is 10.1 Å². The molecule has 33 heavy (non-hydrogen) atoms. The van der Waals surface area contributed by atoms with Crippen LogP contribution in [0.15, 0.2) is 36.0 Å². The molecule has 0 saturated carbocycles. The maximum Gasteiger partial charge on any atom is 0.254 e. The van der Waals surface area contributed by atoms with Crippen LogP contribution in [0.2, 0.25) is 0 Å². The van der Waals surface area contributed by atoms with E-state index in [-0.39, 0.29) is 11.9 Å². The van der Waals surface area contributed by atoms with Crippen LogP contribution in [0.1, 0.15) is 60.3 Å². The van der Waals surface area contributed by atoms with Gasteiger partial charge in [0.15, 0.2) is 5.65 Å². The molecule has 0 aliphatic carbocycles. The molecule has 7 nitrogen and oxygen atoms in total. The largest absolute Gasteiger partial charge is 0.356 e. The molecule has 6 rings (SSSR count). The first-order chi connectivity index (χ1) is 16.1. The minimum absolute atomic E-state index is 0.0272. The number of fused-ring (bicyclic) bond motifs is 2. The molecule has 4 aromatic rings. The van der Waals surface area contributed by atoms with Crippen molar-refractivity contribution in [1.82, 2.24) is 24.5 Å². The van der Waals surface area contributed by atoms with Gasteiger partial charge in [-0.25, -0.2) is 14.5 Å². The number of benzene rings is 1. The SMILES string of the molecule is Cc1cn2nc([C@@H]3CCCCN3C(=O)c3ccc4ncsc4c3)cc2nc1N1CC[C@H](C)C1. The number of carbonyl (C=O) groups is 1. The van der Waals surface area contributed by atoms with Crippen LogP contribution in [-0.4, -0.2) is 50.0 Å². The number of aryl methyl sites for hydroxylation is 1. The fourth-order valence-corrected chi connectivity index (χ4v) is 5.98. The van der Waals surface area contributed by atoms with Crippen molar-refractivity contribution < 1.29 is 4.79 Å². The van der Waals surface area contributed by atoms with E-state index in [0.29, 0.717) is 5.92 Å². The number of hydrogen-bond acceptors (Lipinski definition) is 6. The molecule has 0 bridgehead atoms. The lowest BCUT2D eigenvalue weighted by Crippen LogP contribution is -2.38. The van der Waals surface area contributed by atoms with Gasteiger partial charge in [0.1, 0.15) is 5.82 Å². The quantitative estimate of drug-likeness (QED) is 0.437. The Morgan fingerprint density at radius 3 is 2.91 bits per heavy atom. The highest BCUT2D eigenvalue weighted by molar-refractivity contribution is 7.16. The monoisotopic (exact) mass is 460 g/mol. The molecule has 2 aliphatic heterocycles. The molecule has 170 valence electrons. The normalized spacial score (nSPS) is 21.4. The number of likely N-dealkylation sites (tertiary alicyclic amines) is 1. The summed E-state index contributed by atoms with van der Waals surface area (Å²) in [5, 5.41) is 4.88. The molecule has 0 spiro atoms. The zero-order valence-corrected chi connectivity index (χ0v) is 19.9. The first kappa shape index (κ1) is 20.6. The molecule has 1 amide bonds. The summed E-state index contributed by atoms with van der Waals surface area (Å²) in [5.41, 5.74) is 6.42. The lowest BCUT2D eigenvalue weighted by Gasteiger charge is -2.34. The number of carbonyl (C=O) groups excluding carboxylic acids is 1. The average molecular weight is 461 g/mol. The van der Waals surface area contributed by atoms with Crippen LogP contribution in [0, 0.1) is 12.8 Å². The first-order valence-electron chi connectivity index (χ1n) is 11.8. The van der Waals surface area contributed by atoms with Crippen LogP contribution in [0.4, 0.5) is 5.82 Å². The van der Waals surface area contributed by atoms with Crippen molar-refractivity contribution in [3.8, 4) is 0 Å². The van der Waals surface area contributed by atoms with Gasteiger partial charge in [0.2, 0.25) is 0 Å². The number of piperidine rings is 1. The number of aromatic nitrogens is 4. The second-order valence-electron chi connectivity index (χ2n) is 9.50. The van der Waals surface area contributed by atoms with Gasteiger partial charge in [-0.3, -0.25) is 4.79 Å². The second kappa shape index (κ2) is 8.09.